The van der Waals surface area contributed by atoms with Crippen molar-refractivity contribution in [1.29, 1.82) is 0 Å². The monoisotopic (exact) mass is 227 g/mol. The third kappa shape index (κ3) is 4.31. The molecule has 0 saturated carbocycles. The van der Waals surface area contributed by atoms with Crippen molar-refractivity contribution in [2.45, 2.75) is 51.4 Å². The fourth-order valence-electron chi connectivity index (χ4n) is 1.96. The number of carbonyl (C=O) groups excluding carboxylic acids is 2. The number of rotatable bonds is 7. The number of piperidine rings is 1. The number of aliphatic hydroxyl groups excluding tert-OH is 1. The number of hydrogen-bond acceptors (Lipinski definition) is 3. The second-order valence-corrected chi connectivity index (χ2v) is 4.28. The average Bonchev–Trinajstić information content (AvgIpc) is 2.26. The predicted molar refractivity (Wildman–Crippen MR) is 60.7 cm³/mol. The fraction of sp³-hybridized carbons (Fsp3) is 0.833. The second kappa shape index (κ2) is 7.39. The van der Waals surface area contributed by atoms with Crippen molar-refractivity contribution >= 4 is 11.8 Å². The first-order chi connectivity index (χ1) is 7.75. The van der Waals surface area contributed by atoms with E-state index in [1.165, 1.54) is 4.90 Å². The Balaban J connectivity index is 2.11. The Hall–Kier alpha value is -0.900. The Morgan fingerprint density at radius 2 is 1.50 bits per heavy atom. The minimum atomic E-state index is -0.00777. The van der Waals surface area contributed by atoms with Gasteiger partial charge in [0.2, 0.25) is 11.8 Å². The predicted octanol–water partition coefficient (Wildman–Crippen LogP) is 1.47. The molecular formula is C12H21NO3. The molecular weight excluding hydrogens is 206 g/mol. The highest BCUT2D eigenvalue weighted by molar-refractivity contribution is 5.97. The number of unbranched alkanes of at least 4 members (excludes halogenated alkanes) is 4. The van der Waals surface area contributed by atoms with Crippen LogP contribution in [0.3, 0.4) is 0 Å². The molecule has 1 saturated heterocycles. The molecule has 1 aliphatic heterocycles. The summed E-state index contributed by atoms with van der Waals surface area (Å²) in [5.41, 5.74) is 0. The molecule has 0 aromatic heterocycles. The van der Waals surface area contributed by atoms with Gasteiger partial charge in [0.05, 0.1) is 0 Å². The molecule has 0 radical (unpaired) electrons. The normalized spacial score (nSPS) is 16.9. The second-order valence-electron chi connectivity index (χ2n) is 4.28. The summed E-state index contributed by atoms with van der Waals surface area (Å²) in [4.78, 5) is 24.3. The largest absolute Gasteiger partial charge is 0.396 e. The van der Waals surface area contributed by atoms with Crippen LogP contribution >= 0.6 is 0 Å². The number of nitrogens with zero attached hydrogens (tertiary/aromatic N) is 1. The van der Waals surface area contributed by atoms with Crippen LogP contribution in [0.5, 0.6) is 0 Å². The molecule has 4 heteroatoms. The van der Waals surface area contributed by atoms with Crippen molar-refractivity contribution in [3.8, 4) is 0 Å². The molecule has 0 aromatic carbocycles. The van der Waals surface area contributed by atoms with Crippen LogP contribution in [-0.4, -0.2) is 35.0 Å². The standard InChI is InChI=1S/C12H21NO3/c14-10-5-3-1-2-4-9-13-11(15)7-6-8-12(13)16/h14H,1-10H2. The van der Waals surface area contributed by atoms with Gasteiger partial charge >= 0.3 is 0 Å². The van der Waals surface area contributed by atoms with E-state index in [4.69, 9.17) is 5.11 Å². The highest BCUT2D eigenvalue weighted by Crippen LogP contribution is 2.13. The van der Waals surface area contributed by atoms with E-state index in [9.17, 15) is 9.59 Å². The van der Waals surface area contributed by atoms with Gasteiger partial charge < -0.3 is 5.11 Å². The summed E-state index contributed by atoms with van der Waals surface area (Å²) >= 11 is 0. The van der Waals surface area contributed by atoms with E-state index < -0.39 is 0 Å². The quantitative estimate of drug-likeness (QED) is 0.529. The highest BCUT2D eigenvalue weighted by Gasteiger charge is 2.24. The third-order valence-electron chi connectivity index (χ3n) is 2.92. The molecule has 1 heterocycles. The first-order valence-corrected chi connectivity index (χ1v) is 6.20. The van der Waals surface area contributed by atoms with Crippen molar-refractivity contribution in [2.75, 3.05) is 13.2 Å². The summed E-state index contributed by atoms with van der Waals surface area (Å²) in [5.74, 6) is -0.0155. The lowest BCUT2D eigenvalue weighted by Gasteiger charge is -2.24. The Morgan fingerprint density at radius 1 is 0.938 bits per heavy atom. The summed E-state index contributed by atoms with van der Waals surface area (Å²) in [5, 5.41) is 8.60. The first kappa shape index (κ1) is 13.2. The van der Waals surface area contributed by atoms with Crippen LogP contribution in [0, 0.1) is 0 Å². The SMILES string of the molecule is O=C1CCCC(=O)N1CCCCCCCO. The maximum atomic E-state index is 11.4. The summed E-state index contributed by atoms with van der Waals surface area (Å²) in [6.07, 6.45) is 6.62. The zero-order chi connectivity index (χ0) is 11.8. The van der Waals surface area contributed by atoms with Crippen molar-refractivity contribution in [2.24, 2.45) is 0 Å². The maximum absolute atomic E-state index is 11.4. The molecule has 2 amide bonds. The summed E-state index contributed by atoms with van der Waals surface area (Å²) in [6, 6.07) is 0. The smallest absolute Gasteiger partial charge is 0.229 e. The van der Waals surface area contributed by atoms with Gasteiger partial charge in [0.1, 0.15) is 0 Å². The lowest BCUT2D eigenvalue weighted by Crippen LogP contribution is -2.40. The van der Waals surface area contributed by atoms with Crippen LogP contribution in [0.25, 0.3) is 0 Å². The van der Waals surface area contributed by atoms with Gasteiger partial charge in [-0.2, -0.15) is 0 Å². The number of likely N-dealkylation sites (tertiary alicyclic amines) is 1. The van der Waals surface area contributed by atoms with Crippen LogP contribution in [0.2, 0.25) is 0 Å². The number of hydrogen-bond donors (Lipinski definition) is 1. The topological polar surface area (TPSA) is 57.6 Å². The molecule has 1 aliphatic rings. The van der Waals surface area contributed by atoms with Crippen LogP contribution < -0.4 is 0 Å². The number of imide groups is 1. The van der Waals surface area contributed by atoms with Gasteiger partial charge in [-0.15, -0.1) is 0 Å². The van der Waals surface area contributed by atoms with Gasteiger partial charge in [-0.25, -0.2) is 0 Å². The molecule has 92 valence electrons. The van der Waals surface area contributed by atoms with E-state index in [1.807, 2.05) is 0 Å². The lowest BCUT2D eigenvalue weighted by atomic mass is 10.1. The molecule has 1 fully saturated rings. The molecule has 1 N–H and O–H groups in total. The Morgan fingerprint density at radius 3 is 2.12 bits per heavy atom. The van der Waals surface area contributed by atoms with Gasteiger partial charge in [0.25, 0.3) is 0 Å². The summed E-state index contributed by atoms with van der Waals surface area (Å²) < 4.78 is 0. The molecule has 16 heavy (non-hydrogen) atoms. The number of amides is 2. The van der Waals surface area contributed by atoms with E-state index in [0.29, 0.717) is 25.8 Å². The minimum Gasteiger partial charge on any atom is -0.396 e. The van der Waals surface area contributed by atoms with E-state index in [0.717, 1.165) is 32.1 Å². The van der Waals surface area contributed by atoms with Crippen molar-refractivity contribution in [3.63, 3.8) is 0 Å². The van der Waals surface area contributed by atoms with Gasteiger partial charge in [-0.3, -0.25) is 14.5 Å². The van der Waals surface area contributed by atoms with Crippen molar-refractivity contribution < 1.29 is 14.7 Å². The Kier molecular flexibility index (Phi) is 6.08. The minimum absolute atomic E-state index is 0.00777. The Bertz CT molecular complexity index is 224. The number of aliphatic hydroxyl groups is 1. The maximum Gasteiger partial charge on any atom is 0.229 e. The van der Waals surface area contributed by atoms with Gasteiger partial charge in [0.15, 0.2) is 0 Å². The van der Waals surface area contributed by atoms with E-state index in [2.05, 4.69) is 0 Å². The molecule has 0 bridgehead atoms. The zero-order valence-electron chi connectivity index (χ0n) is 9.78. The van der Waals surface area contributed by atoms with Crippen LogP contribution in [0.1, 0.15) is 51.4 Å². The average molecular weight is 227 g/mol. The van der Waals surface area contributed by atoms with E-state index in [1.54, 1.807) is 0 Å². The van der Waals surface area contributed by atoms with Crippen molar-refractivity contribution in [1.82, 2.24) is 4.90 Å². The van der Waals surface area contributed by atoms with Crippen LogP contribution in [-0.2, 0) is 9.59 Å². The molecule has 0 unspecified atom stereocenters. The highest BCUT2D eigenvalue weighted by atomic mass is 16.3. The molecule has 0 aromatic rings. The van der Waals surface area contributed by atoms with Crippen LogP contribution in [0.15, 0.2) is 0 Å². The lowest BCUT2D eigenvalue weighted by molar-refractivity contribution is -0.147. The fourth-order valence-corrected chi connectivity index (χ4v) is 1.96. The third-order valence-corrected chi connectivity index (χ3v) is 2.92. The number of carbonyl (C=O) groups is 2. The Labute approximate surface area is 96.6 Å². The first-order valence-electron chi connectivity index (χ1n) is 6.20. The summed E-state index contributed by atoms with van der Waals surface area (Å²) in [7, 11) is 0. The van der Waals surface area contributed by atoms with Gasteiger partial charge in [-0.1, -0.05) is 19.3 Å². The van der Waals surface area contributed by atoms with Crippen LogP contribution in [0.4, 0.5) is 0 Å². The van der Waals surface area contributed by atoms with E-state index in [-0.39, 0.29) is 18.4 Å². The van der Waals surface area contributed by atoms with Gasteiger partial charge in [0, 0.05) is 26.0 Å². The van der Waals surface area contributed by atoms with Gasteiger partial charge in [-0.05, 0) is 19.3 Å². The zero-order valence-corrected chi connectivity index (χ0v) is 9.78. The summed E-state index contributed by atoms with van der Waals surface area (Å²) in [6.45, 7) is 0.833. The molecule has 0 aliphatic carbocycles. The molecule has 0 spiro atoms. The van der Waals surface area contributed by atoms with Crippen molar-refractivity contribution in [3.05, 3.63) is 0 Å². The molecule has 1 rings (SSSR count). The molecule has 4 nitrogen and oxygen atoms in total. The van der Waals surface area contributed by atoms with E-state index >= 15 is 0 Å². The molecule has 0 atom stereocenters.